The van der Waals surface area contributed by atoms with E-state index in [0.717, 1.165) is 38.8 Å². The van der Waals surface area contributed by atoms with Gasteiger partial charge in [0.2, 0.25) is 5.60 Å². The number of hydrogen-bond donors (Lipinski definition) is 1. The van der Waals surface area contributed by atoms with Crippen molar-refractivity contribution in [2.45, 2.75) is 64.1 Å². The van der Waals surface area contributed by atoms with Gasteiger partial charge >= 0.3 is 5.97 Å². The zero-order chi connectivity index (χ0) is 18.8. The Morgan fingerprint density at radius 3 is 2.38 bits per heavy atom. The lowest BCUT2D eigenvalue weighted by Gasteiger charge is -2.34. The van der Waals surface area contributed by atoms with Gasteiger partial charge in [-0.1, -0.05) is 75.3 Å². The molecule has 0 saturated heterocycles. The standard InChI is InChI=1S/C22H31NO3/c1-3-23(4-2)18-12-11-17-22(21(24)25,19-13-7-5-8-14-19)26-20-15-9-6-10-16-20/h5,7-8,13-14,20H,3-4,6,9-10,15-18H2,1-2H3,(H,24,25)/t22-/m0/s1. The Morgan fingerprint density at radius 2 is 1.81 bits per heavy atom. The Labute approximate surface area is 157 Å². The smallest absolute Gasteiger partial charge is 0.341 e. The second-order valence-corrected chi connectivity index (χ2v) is 6.87. The van der Waals surface area contributed by atoms with Gasteiger partial charge in [-0.3, -0.25) is 4.90 Å². The van der Waals surface area contributed by atoms with Gasteiger partial charge in [0.05, 0.1) is 19.1 Å². The van der Waals surface area contributed by atoms with Crippen LogP contribution in [0.25, 0.3) is 0 Å². The largest absolute Gasteiger partial charge is 0.479 e. The highest BCUT2D eigenvalue weighted by atomic mass is 16.5. The summed E-state index contributed by atoms with van der Waals surface area (Å²) in [6, 6.07) is 9.29. The molecule has 0 bridgehead atoms. The van der Waals surface area contributed by atoms with E-state index >= 15 is 0 Å². The summed E-state index contributed by atoms with van der Waals surface area (Å²) < 4.78 is 6.27. The maximum Gasteiger partial charge on any atom is 0.341 e. The molecule has 1 aliphatic rings. The molecule has 1 fully saturated rings. The molecule has 0 amide bonds. The summed E-state index contributed by atoms with van der Waals surface area (Å²) in [5.41, 5.74) is -0.713. The minimum atomic E-state index is -1.39. The summed E-state index contributed by atoms with van der Waals surface area (Å²) in [6.07, 6.45) is 5.42. The lowest BCUT2D eigenvalue weighted by atomic mass is 9.88. The summed E-state index contributed by atoms with van der Waals surface area (Å²) in [7, 11) is 0. The van der Waals surface area contributed by atoms with Crippen molar-refractivity contribution in [3.63, 3.8) is 0 Å². The van der Waals surface area contributed by atoms with Crippen LogP contribution in [0.5, 0.6) is 0 Å². The lowest BCUT2D eigenvalue weighted by molar-refractivity contribution is -0.178. The van der Waals surface area contributed by atoms with Crippen LogP contribution in [0.1, 0.15) is 57.9 Å². The SMILES string of the molecule is CCN(CC)CC#CC[C@@](OC1CCCCC1)(C(=O)O)c1ccccc1. The molecule has 1 aliphatic carbocycles. The van der Waals surface area contributed by atoms with E-state index in [0.29, 0.717) is 12.1 Å². The van der Waals surface area contributed by atoms with Gasteiger partial charge in [-0.05, 0) is 31.5 Å². The van der Waals surface area contributed by atoms with Crippen molar-refractivity contribution < 1.29 is 14.6 Å². The van der Waals surface area contributed by atoms with Gasteiger partial charge in [0.25, 0.3) is 0 Å². The normalized spacial score (nSPS) is 17.3. The Kier molecular flexibility index (Phi) is 8.15. The predicted molar refractivity (Wildman–Crippen MR) is 104 cm³/mol. The summed E-state index contributed by atoms with van der Waals surface area (Å²) in [5, 5.41) is 10.1. The summed E-state index contributed by atoms with van der Waals surface area (Å²) in [6.45, 7) is 6.73. The second-order valence-electron chi connectivity index (χ2n) is 6.87. The highest BCUT2D eigenvalue weighted by Gasteiger charge is 2.43. The quantitative estimate of drug-likeness (QED) is 0.713. The van der Waals surface area contributed by atoms with Crippen LogP contribution >= 0.6 is 0 Å². The Hall–Kier alpha value is -1.83. The summed E-state index contributed by atoms with van der Waals surface area (Å²) in [4.78, 5) is 14.5. The predicted octanol–water partition coefficient (Wildman–Crippen LogP) is 4.05. The van der Waals surface area contributed by atoms with E-state index in [-0.39, 0.29) is 12.5 Å². The van der Waals surface area contributed by atoms with E-state index in [2.05, 4.69) is 30.6 Å². The molecule has 0 aromatic heterocycles. The Balaban J connectivity index is 2.24. The molecular weight excluding hydrogens is 326 g/mol. The third kappa shape index (κ3) is 5.33. The highest BCUT2D eigenvalue weighted by molar-refractivity contribution is 5.80. The Bertz CT molecular complexity index is 609. The third-order valence-corrected chi connectivity index (χ3v) is 5.17. The van der Waals surface area contributed by atoms with E-state index in [1.165, 1.54) is 6.42 Å². The zero-order valence-corrected chi connectivity index (χ0v) is 16.0. The molecule has 4 nitrogen and oxygen atoms in total. The monoisotopic (exact) mass is 357 g/mol. The maximum atomic E-state index is 12.3. The molecule has 1 atom stereocenters. The van der Waals surface area contributed by atoms with Crippen molar-refractivity contribution in [2.75, 3.05) is 19.6 Å². The lowest BCUT2D eigenvalue weighted by Crippen LogP contribution is -2.42. The Morgan fingerprint density at radius 1 is 1.15 bits per heavy atom. The van der Waals surface area contributed by atoms with E-state index in [4.69, 9.17) is 4.74 Å². The average molecular weight is 357 g/mol. The third-order valence-electron chi connectivity index (χ3n) is 5.17. The number of aliphatic carboxylic acids is 1. The van der Waals surface area contributed by atoms with Crippen molar-refractivity contribution >= 4 is 5.97 Å². The van der Waals surface area contributed by atoms with Crippen LogP contribution in [0.2, 0.25) is 0 Å². The number of hydrogen-bond acceptors (Lipinski definition) is 3. The molecule has 142 valence electrons. The first kappa shape index (κ1) is 20.5. The van der Waals surface area contributed by atoms with Crippen LogP contribution in [0.3, 0.4) is 0 Å². The van der Waals surface area contributed by atoms with Crippen LogP contribution in [0, 0.1) is 11.8 Å². The zero-order valence-electron chi connectivity index (χ0n) is 16.0. The van der Waals surface area contributed by atoms with Gasteiger partial charge in [-0.25, -0.2) is 4.79 Å². The number of carboxylic acids is 1. The minimum Gasteiger partial charge on any atom is -0.479 e. The summed E-state index contributed by atoms with van der Waals surface area (Å²) >= 11 is 0. The topological polar surface area (TPSA) is 49.8 Å². The van der Waals surface area contributed by atoms with E-state index < -0.39 is 11.6 Å². The van der Waals surface area contributed by atoms with E-state index in [1.54, 1.807) is 0 Å². The molecular formula is C22H31NO3. The van der Waals surface area contributed by atoms with Gasteiger partial charge in [0.15, 0.2) is 0 Å². The molecule has 4 heteroatoms. The fourth-order valence-corrected chi connectivity index (χ4v) is 3.44. The van der Waals surface area contributed by atoms with Crippen molar-refractivity contribution in [1.29, 1.82) is 0 Å². The highest BCUT2D eigenvalue weighted by Crippen LogP contribution is 2.35. The van der Waals surface area contributed by atoms with Crippen molar-refractivity contribution in [3.8, 4) is 11.8 Å². The number of ether oxygens (including phenoxy) is 1. The maximum absolute atomic E-state index is 12.3. The molecule has 1 N–H and O–H groups in total. The fourth-order valence-electron chi connectivity index (χ4n) is 3.44. The van der Waals surface area contributed by atoms with Crippen LogP contribution in [-0.4, -0.2) is 41.7 Å². The number of benzene rings is 1. The van der Waals surface area contributed by atoms with Gasteiger partial charge in [-0.15, -0.1) is 0 Å². The molecule has 26 heavy (non-hydrogen) atoms. The van der Waals surface area contributed by atoms with Gasteiger partial charge in [0, 0.05) is 0 Å². The van der Waals surface area contributed by atoms with Crippen LogP contribution < -0.4 is 0 Å². The average Bonchev–Trinajstić information content (AvgIpc) is 2.68. The fraction of sp³-hybridized carbons (Fsp3) is 0.591. The molecule has 0 spiro atoms. The van der Waals surface area contributed by atoms with Gasteiger partial charge in [0.1, 0.15) is 0 Å². The molecule has 2 rings (SSSR count). The first-order chi connectivity index (χ1) is 12.6. The number of carboxylic acid groups (broad SMARTS) is 1. The van der Waals surface area contributed by atoms with Crippen molar-refractivity contribution in [3.05, 3.63) is 35.9 Å². The number of rotatable bonds is 8. The second kappa shape index (κ2) is 10.4. The molecule has 0 unspecified atom stereocenters. The molecule has 0 aliphatic heterocycles. The van der Waals surface area contributed by atoms with Crippen LogP contribution in [0.15, 0.2) is 30.3 Å². The molecule has 0 radical (unpaired) electrons. The first-order valence-corrected chi connectivity index (χ1v) is 9.77. The van der Waals surface area contributed by atoms with Gasteiger partial charge in [-0.2, -0.15) is 0 Å². The number of carbonyl (C=O) groups is 1. The minimum absolute atomic E-state index is 0.00959. The molecule has 1 aromatic carbocycles. The van der Waals surface area contributed by atoms with Crippen molar-refractivity contribution in [2.24, 2.45) is 0 Å². The summed E-state index contributed by atoms with van der Waals surface area (Å²) in [5.74, 6) is 5.28. The van der Waals surface area contributed by atoms with Gasteiger partial charge < -0.3 is 9.84 Å². The number of nitrogens with zero attached hydrogens (tertiary/aromatic N) is 1. The van der Waals surface area contributed by atoms with Crippen molar-refractivity contribution in [1.82, 2.24) is 4.90 Å². The first-order valence-electron chi connectivity index (χ1n) is 9.77. The van der Waals surface area contributed by atoms with E-state index in [9.17, 15) is 9.90 Å². The molecule has 1 aromatic rings. The van der Waals surface area contributed by atoms with E-state index in [1.807, 2.05) is 30.3 Å². The molecule has 1 saturated carbocycles. The van der Waals surface area contributed by atoms with Crippen LogP contribution in [0.4, 0.5) is 0 Å². The van der Waals surface area contributed by atoms with Crippen LogP contribution in [-0.2, 0) is 15.1 Å². The molecule has 0 heterocycles.